The molecule has 0 radical (unpaired) electrons. The Morgan fingerprint density at radius 3 is 2.88 bits per heavy atom. The maximum atomic E-state index is 5.85. The number of rotatable bonds is 8. The van der Waals surface area contributed by atoms with E-state index in [1.807, 2.05) is 6.20 Å². The molecule has 0 aliphatic carbocycles. The van der Waals surface area contributed by atoms with Crippen LogP contribution in [0.2, 0.25) is 0 Å². The Morgan fingerprint density at radius 1 is 1.42 bits per heavy atom. The van der Waals surface area contributed by atoms with Gasteiger partial charge in [0.25, 0.3) is 0 Å². The topological polar surface area (TPSA) is 67.8 Å². The quantitative estimate of drug-likeness (QED) is 0.266. The van der Waals surface area contributed by atoms with Gasteiger partial charge in [0.2, 0.25) is 0 Å². The second-order valence-corrected chi connectivity index (χ2v) is 6.66. The van der Waals surface area contributed by atoms with Gasteiger partial charge in [-0.3, -0.25) is 4.99 Å². The molecule has 0 aromatic carbocycles. The van der Waals surface area contributed by atoms with Crippen molar-refractivity contribution in [2.45, 2.75) is 45.3 Å². The van der Waals surface area contributed by atoms with E-state index in [4.69, 9.17) is 9.47 Å². The molecule has 6 nitrogen and oxygen atoms in total. The highest BCUT2D eigenvalue weighted by Crippen LogP contribution is 2.12. The van der Waals surface area contributed by atoms with E-state index in [9.17, 15) is 0 Å². The van der Waals surface area contributed by atoms with Crippen molar-refractivity contribution in [1.82, 2.24) is 15.6 Å². The van der Waals surface area contributed by atoms with E-state index in [2.05, 4.69) is 27.5 Å². The average molecular weight is 468 g/mol. The molecule has 1 aromatic heterocycles. The van der Waals surface area contributed by atoms with Crippen molar-refractivity contribution >= 4 is 41.3 Å². The molecular formula is C16H29IN4O2S. The van der Waals surface area contributed by atoms with Crippen molar-refractivity contribution in [3.63, 3.8) is 0 Å². The summed E-state index contributed by atoms with van der Waals surface area (Å²) in [5.41, 5.74) is 0. The monoisotopic (exact) mass is 468 g/mol. The normalized spacial score (nSPS) is 15.8. The molecule has 0 atom stereocenters. The molecule has 0 amide bonds. The molecule has 24 heavy (non-hydrogen) atoms. The van der Waals surface area contributed by atoms with Gasteiger partial charge < -0.3 is 20.1 Å². The van der Waals surface area contributed by atoms with Crippen LogP contribution in [0.5, 0.6) is 0 Å². The molecule has 2 heterocycles. The third-order valence-electron chi connectivity index (χ3n) is 3.72. The number of halogens is 1. The van der Waals surface area contributed by atoms with Gasteiger partial charge >= 0.3 is 0 Å². The predicted molar refractivity (Wildman–Crippen MR) is 110 cm³/mol. The molecule has 0 spiro atoms. The van der Waals surface area contributed by atoms with Crippen LogP contribution in [0.3, 0.4) is 0 Å². The third-order valence-corrected chi connectivity index (χ3v) is 4.86. The largest absolute Gasteiger partial charge is 0.381 e. The number of ether oxygens (including phenoxy) is 2. The zero-order valence-corrected chi connectivity index (χ0v) is 17.7. The first-order valence-electron chi connectivity index (χ1n) is 8.39. The Bertz CT molecular complexity index is 478. The standard InChI is InChI=1S/C16H28N4O2S.HI/c1-3-14-11-19-15(23-14)12-20-16(17-2)18-7-4-8-22-13-5-9-21-10-6-13;/h11,13H,3-10,12H2,1-2H3,(H2,17,18,20);1H. The summed E-state index contributed by atoms with van der Waals surface area (Å²) in [7, 11) is 1.78. The Balaban J connectivity index is 0.00000288. The van der Waals surface area contributed by atoms with Crippen molar-refractivity contribution in [3.05, 3.63) is 16.1 Å². The van der Waals surface area contributed by atoms with E-state index in [1.165, 1.54) is 4.88 Å². The van der Waals surface area contributed by atoms with Crippen LogP contribution in [-0.4, -0.2) is 50.5 Å². The van der Waals surface area contributed by atoms with Crippen molar-refractivity contribution in [2.24, 2.45) is 4.99 Å². The Kier molecular flexibility index (Phi) is 11.6. The maximum absolute atomic E-state index is 5.85. The van der Waals surface area contributed by atoms with Gasteiger partial charge in [-0.2, -0.15) is 0 Å². The van der Waals surface area contributed by atoms with Crippen molar-refractivity contribution in [1.29, 1.82) is 0 Å². The second kappa shape index (κ2) is 12.8. The van der Waals surface area contributed by atoms with E-state index >= 15 is 0 Å². The SMILES string of the molecule is CCc1cnc(CNC(=NC)NCCCOC2CCOCC2)s1.I. The highest BCUT2D eigenvalue weighted by molar-refractivity contribution is 14.0. The Morgan fingerprint density at radius 2 is 2.21 bits per heavy atom. The Labute approximate surface area is 165 Å². The summed E-state index contributed by atoms with van der Waals surface area (Å²) in [6.45, 7) is 6.14. The summed E-state index contributed by atoms with van der Waals surface area (Å²) < 4.78 is 11.2. The molecule has 0 saturated carbocycles. The van der Waals surface area contributed by atoms with Crippen LogP contribution < -0.4 is 10.6 Å². The summed E-state index contributed by atoms with van der Waals surface area (Å²) in [5.74, 6) is 0.810. The van der Waals surface area contributed by atoms with Gasteiger partial charge in [0.1, 0.15) is 5.01 Å². The predicted octanol–water partition coefficient (Wildman–Crippen LogP) is 2.57. The fourth-order valence-corrected chi connectivity index (χ4v) is 3.15. The fraction of sp³-hybridized carbons (Fsp3) is 0.750. The van der Waals surface area contributed by atoms with E-state index in [1.54, 1.807) is 18.4 Å². The molecule has 8 heteroatoms. The number of aromatic nitrogens is 1. The summed E-state index contributed by atoms with van der Waals surface area (Å²) >= 11 is 1.75. The number of guanidine groups is 1. The molecule has 1 aliphatic rings. The van der Waals surface area contributed by atoms with Crippen LogP contribution >= 0.6 is 35.3 Å². The zero-order valence-electron chi connectivity index (χ0n) is 14.5. The highest BCUT2D eigenvalue weighted by atomic mass is 127. The van der Waals surface area contributed by atoms with E-state index < -0.39 is 0 Å². The molecule has 1 aromatic rings. The molecule has 138 valence electrons. The Hall–Kier alpha value is -0.450. The lowest BCUT2D eigenvalue weighted by atomic mass is 10.1. The number of thiazole rings is 1. The first kappa shape index (κ1) is 21.6. The molecule has 1 fully saturated rings. The van der Waals surface area contributed by atoms with Crippen LogP contribution in [0.25, 0.3) is 0 Å². The van der Waals surface area contributed by atoms with Gasteiger partial charge in [0.15, 0.2) is 5.96 Å². The maximum Gasteiger partial charge on any atom is 0.191 e. The second-order valence-electron chi connectivity index (χ2n) is 5.46. The molecular weight excluding hydrogens is 439 g/mol. The summed E-state index contributed by atoms with van der Waals surface area (Å²) in [6, 6.07) is 0. The molecule has 0 bridgehead atoms. The molecule has 0 unspecified atom stereocenters. The van der Waals surface area contributed by atoms with Crippen LogP contribution in [0, 0.1) is 0 Å². The smallest absolute Gasteiger partial charge is 0.191 e. The molecule has 1 aliphatic heterocycles. The minimum absolute atomic E-state index is 0. The lowest BCUT2D eigenvalue weighted by Crippen LogP contribution is -2.37. The van der Waals surface area contributed by atoms with Gasteiger partial charge in [-0.1, -0.05) is 6.92 Å². The van der Waals surface area contributed by atoms with E-state index in [0.29, 0.717) is 12.6 Å². The number of aliphatic imine (C=N–C) groups is 1. The van der Waals surface area contributed by atoms with Gasteiger partial charge in [-0.15, -0.1) is 35.3 Å². The molecule has 2 rings (SSSR count). The fourth-order valence-electron chi connectivity index (χ4n) is 2.34. The van der Waals surface area contributed by atoms with Gasteiger partial charge in [-0.05, 0) is 25.7 Å². The first-order valence-corrected chi connectivity index (χ1v) is 9.21. The number of nitrogens with zero attached hydrogens (tertiary/aromatic N) is 2. The number of nitrogens with one attached hydrogen (secondary N) is 2. The number of hydrogen-bond acceptors (Lipinski definition) is 5. The summed E-state index contributed by atoms with van der Waals surface area (Å²) in [6.07, 6.45) is 6.37. The number of aryl methyl sites for hydroxylation is 1. The van der Waals surface area contributed by atoms with E-state index in [0.717, 1.165) is 63.0 Å². The van der Waals surface area contributed by atoms with Crippen molar-refractivity contribution in [2.75, 3.05) is 33.4 Å². The molecule has 2 N–H and O–H groups in total. The van der Waals surface area contributed by atoms with Crippen LogP contribution in [-0.2, 0) is 22.4 Å². The third kappa shape index (κ3) is 8.09. The zero-order chi connectivity index (χ0) is 16.3. The van der Waals surface area contributed by atoms with Crippen molar-refractivity contribution in [3.8, 4) is 0 Å². The van der Waals surface area contributed by atoms with Gasteiger partial charge in [0, 0.05) is 44.5 Å². The van der Waals surface area contributed by atoms with Crippen LogP contribution in [0.4, 0.5) is 0 Å². The minimum Gasteiger partial charge on any atom is -0.381 e. The van der Waals surface area contributed by atoms with E-state index in [-0.39, 0.29) is 24.0 Å². The van der Waals surface area contributed by atoms with Crippen LogP contribution in [0.1, 0.15) is 36.1 Å². The number of hydrogen-bond donors (Lipinski definition) is 2. The van der Waals surface area contributed by atoms with Gasteiger partial charge in [-0.25, -0.2) is 4.98 Å². The minimum atomic E-state index is 0. The molecule has 1 saturated heterocycles. The van der Waals surface area contributed by atoms with Crippen molar-refractivity contribution < 1.29 is 9.47 Å². The van der Waals surface area contributed by atoms with Crippen LogP contribution in [0.15, 0.2) is 11.2 Å². The average Bonchev–Trinajstić information content (AvgIpc) is 3.06. The first-order chi connectivity index (χ1) is 11.3. The summed E-state index contributed by atoms with van der Waals surface area (Å²) in [4.78, 5) is 9.94. The summed E-state index contributed by atoms with van der Waals surface area (Å²) in [5, 5.41) is 7.69. The highest BCUT2D eigenvalue weighted by Gasteiger charge is 2.13. The van der Waals surface area contributed by atoms with Gasteiger partial charge in [0.05, 0.1) is 12.6 Å². The lowest BCUT2D eigenvalue weighted by Gasteiger charge is -2.22. The lowest BCUT2D eigenvalue weighted by molar-refractivity contribution is -0.0320.